The van der Waals surface area contributed by atoms with E-state index in [0.29, 0.717) is 0 Å². The Morgan fingerprint density at radius 3 is 3.07 bits per heavy atom. The van der Waals surface area contributed by atoms with Crippen LogP contribution in [0.15, 0.2) is 18.5 Å². The first-order valence-electron chi connectivity index (χ1n) is 5.21. The van der Waals surface area contributed by atoms with E-state index in [9.17, 15) is 0 Å². The van der Waals surface area contributed by atoms with Crippen LogP contribution in [0, 0.1) is 0 Å². The number of imidazole rings is 1. The Kier molecular flexibility index (Phi) is 2.68. The number of nitrogens with two attached hydrogens (primary N) is 1. The fourth-order valence-electron chi connectivity index (χ4n) is 1.98. The van der Waals surface area contributed by atoms with Crippen molar-refractivity contribution in [1.29, 1.82) is 0 Å². The maximum absolute atomic E-state index is 5.97. The fourth-order valence-corrected chi connectivity index (χ4v) is 1.98. The van der Waals surface area contributed by atoms with E-state index in [0.717, 1.165) is 18.7 Å². The molecule has 2 N–H and O–H groups in total. The van der Waals surface area contributed by atoms with Gasteiger partial charge in [0.25, 0.3) is 0 Å². The van der Waals surface area contributed by atoms with Crippen molar-refractivity contribution in [3.63, 3.8) is 0 Å². The summed E-state index contributed by atoms with van der Waals surface area (Å²) < 4.78 is 2.06. The normalized spacial score (nSPS) is 23.0. The Bertz CT molecular complexity index is 338. The number of aryl methyl sites for hydroxylation is 1. The third kappa shape index (κ3) is 1.87. The summed E-state index contributed by atoms with van der Waals surface area (Å²) in [6.07, 6.45) is 10.7. The Balaban J connectivity index is 2.28. The Labute approximate surface area is 84.6 Å². The smallest absolute Gasteiger partial charge is 0.135 e. The second-order valence-corrected chi connectivity index (χ2v) is 3.96. The minimum absolute atomic E-state index is 0.212. The monoisotopic (exact) mass is 191 g/mol. The van der Waals surface area contributed by atoms with Gasteiger partial charge in [0.1, 0.15) is 5.82 Å². The molecule has 76 valence electrons. The highest BCUT2D eigenvalue weighted by atomic mass is 15.0. The third-order valence-corrected chi connectivity index (χ3v) is 2.76. The van der Waals surface area contributed by atoms with Gasteiger partial charge in [-0.2, -0.15) is 0 Å². The quantitative estimate of drug-likeness (QED) is 0.734. The number of allylic oxidation sites excluding steroid dienone is 1. The molecule has 0 saturated heterocycles. The zero-order valence-corrected chi connectivity index (χ0v) is 8.61. The van der Waals surface area contributed by atoms with Crippen LogP contribution in [0.3, 0.4) is 0 Å². The van der Waals surface area contributed by atoms with Gasteiger partial charge >= 0.3 is 0 Å². The molecular weight excluding hydrogens is 174 g/mol. The van der Waals surface area contributed by atoms with Gasteiger partial charge in [-0.25, -0.2) is 4.98 Å². The largest absolute Gasteiger partial charge is 0.334 e. The lowest BCUT2D eigenvalue weighted by Crippen LogP contribution is -2.16. The highest BCUT2D eigenvalue weighted by molar-refractivity contribution is 5.61. The molecule has 3 heteroatoms. The molecule has 0 bridgehead atoms. The summed E-state index contributed by atoms with van der Waals surface area (Å²) in [5, 5.41) is 0. The van der Waals surface area contributed by atoms with Crippen LogP contribution in [0.4, 0.5) is 0 Å². The molecule has 0 aromatic carbocycles. The van der Waals surface area contributed by atoms with Gasteiger partial charge in [0.15, 0.2) is 0 Å². The van der Waals surface area contributed by atoms with Crippen LogP contribution >= 0.6 is 0 Å². The summed E-state index contributed by atoms with van der Waals surface area (Å²) in [5.74, 6) is 1.07. The van der Waals surface area contributed by atoms with Crippen LogP contribution in [0.5, 0.6) is 0 Å². The van der Waals surface area contributed by atoms with Gasteiger partial charge in [-0.05, 0) is 24.8 Å². The number of nitrogens with zero attached hydrogens (tertiary/aromatic N) is 2. The van der Waals surface area contributed by atoms with Crippen molar-refractivity contribution in [2.24, 2.45) is 12.8 Å². The summed E-state index contributed by atoms with van der Waals surface area (Å²) >= 11 is 0. The van der Waals surface area contributed by atoms with Crippen LogP contribution in [-0.4, -0.2) is 15.6 Å². The van der Waals surface area contributed by atoms with Gasteiger partial charge in [0, 0.05) is 25.5 Å². The summed E-state index contributed by atoms with van der Waals surface area (Å²) in [6.45, 7) is 0. The lowest BCUT2D eigenvalue weighted by molar-refractivity contribution is 0.657. The molecule has 14 heavy (non-hydrogen) atoms. The van der Waals surface area contributed by atoms with Crippen molar-refractivity contribution < 1.29 is 0 Å². The molecule has 1 aromatic rings. The molecule has 1 aromatic heterocycles. The van der Waals surface area contributed by atoms with E-state index in [1.54, 1.807) is 0 Å². The number of hydrogen-bond acceptors (Lipinski definition) is 2. The number of aromatic nitrogens is 2. The van der Waals surface area contributed by atoms with Crippen molar-refractivity contribution >= 4 is 5.57 Å². The molecule has 0 saturated carbocycles. The van der Waals surface area contributed by atoms with E-state index in [1.807, 2.05) is 19.4 Å². The Morgan fingerprint density at radius 2 is 2.36 bits per heavy atom. The average Bonchev–Trinajstić information content (AvgIpc) is 2.45. The van der Waals surface area contributed by atoms with Crippen LogP contribution in [0.25, 0.3) is 5.57 Å². The summed E-state index contributed by atoms with van der Waals surface area (Å²) in [7, 11) is 2.03. The van der Waals surface area contributed by atoms with Crippen LogP contribution in [-0.2, 0) is 7.05 Å². The molecule has 1 unspecified atom stereocenters. The lowest BCUT2D eigenvalue weighted by Gasteiger charge is -2.06. The molecule has 1 atom stereocenters. The number of hydrogen-bond donors (Lipinski definition) is 1. The predicted molar refractivity (Wildman–Crippen MR) is 57.6 cm³/mol. The molecular formula is C11H17N3. The van der Waals surface area contributed by atoms with Crippen LogP contribution < -0.4 is 5.73 Å². The second kappa shape index (κ2) is 3.96. The predicted octanol–water partition coefficient (Wildman–Crippen LogP) is 1.70. The van der Waals surface area contributed by atoms with E-state index in [4.69, 9.17) is 5.73 Å². The average molecular weight is 191 g/mol. The SMILES string of the molecule is Cn1ccnc1C1=CC(N)CCCC1. The fraction of sp³-hybridized carbons (Fsp3) is 0.545. The van der Waals surface area contributed by atoms with Gasteiger partial charge in [-0.3, -0.25) is 0 Å². The van der Waals surface area contributed by atoms with Crippen molar-refractivity contribution in [1.82, 2.24) is 9.55 Å². The molecule has 1 heterocycles. The van der Waals surface area contributed by atoms with Gasteiger partial charge < -0.3 is 10.3 Å². The third-order valence-electron chi connectivity index (χ3n) is 2.76. The van der Waals surface area contributed by atoms with Gasteiger partial charge in [-0.15, -0.1) is 0 Å². The standard InChI is InChI=1S/C11H17N3/c1-14-7-6-13-11(14)9-4-2-3-5-10(12)8-9/h6-8,10H,2-5,12H2,1H3. The van der Waals surface area contributed by atoms with Gasteiger partial charge in [0.05, 0.1) is 0 Å². The van der Waals surface area contributed by atoms with Crippen LogP contribution in [0.1, 0.15) is 31.5 Å². The molecule has 0 fully saturated rings. The molecule has 0 amide bonds. The van der Waals surface area contributed by atoms with Crippen molar-refractivity contribution in [3.8, 4) is 0 Å². The minimum Gasteiger partial charge on any atom is -0.334 e. The van der Waals surface area contributed by atoms with Gasteiger partial charge in [0.2, 0.25) is 0 Å². The lowest BCUT2D eigenvalue weighted by atomic mass is 10.1. The first-order chi connectivity index (χ1) is 6.77. The van der Waals surface area contributed by atoms with E-state index in [2.05, 4.69) is 15.6 Å². The molecule has 1 aliphatic carbocycles. The maximum Gasteiger partial charge on any atom is 0.135 e. The highest BCUT2D eigenvalue weighted by Crippen LogP contribution is 2.23. The topological polar surface area (TPSA) is 43.8 Å². The van der Waals surface area contributed by atoms with Crippen molar-refractivity contribution in [2.75, 3.05) is 0 Å². The van der Waals surface area contributed by atoms with E-state index < -0.39 is 0 Å². The molecule has 0 aliphatic heterocycles. The summed E-state index contributed by atoms with van der Waals surface area (Å²) in [5.41, 5.74) is 7.28. The second-order valence-electron chi connectivity index (χ2n) is 3.96. The summed E-state index contributed by atoms with van der Waals surface area (Å²) in [4.78, 5) is 4.35. The van der Waals surface area contributed by atoms with E-state index in [-0.39, 0.29) is 6.04 Å². The molecule has 3 nitrogen and oxygen atoms in total. The Hall–Kier alpha value is -1.09. The van der Waals surface area contributed by atoms with Gasteiger partial charge in [-0.1, -0.05) is 12.5 Å². The van der Waals surface area contributed by atoms with Crippen molar-refractivity contribution in [3.05, 3.63) is 24.3 Å². The molecule has 2 rings (SSSR count). The molecule has 1 aliphatic rings. The minimum atomic E-state index is 0.212. The van der Waals surface area contributed by atoms with E-state index in [1.165, 1.54) is 18.4 Å². The molecule has 0 spiro atoms. The van der Waals surface area contributed by atoms with Crippen molar-refractivity contribution in [2.45, 2.75) is 31.7 Å². The summed E-state index contributed by atoms with van der Waals surface area (Å²) in [6, 6.07) is 0.212. The van der Waals surface area contributed by atoms with Crippen LogP contribution in [0.2, 0.25) is 0 Å². The zero-order chi connectivity index (χ0) is 9.97. The zero-order valence-electron chi connectivity index (χ0n) is 8.61. The molecule has 0 radical (unpaired) electrons. The maximum atomic E-state index is 5.97. The highest BCUT2D eigenvalue weighted by Gasteiger charge is 2.12. The number of rotatable bonds is 1. The Morgan fingerprint density at radius 1 is 1.50 bits per heavy atom. The first kappa shape index (κ1) is 9.46. The first-order valence-corrected chi connectivity index (χ1v) is 5.21. The van der Waals surface area contributed by atoms with E-state index >= 15 is 0 Å².